The van der Waals surface area contributed by atoms with E-state index in [0.717, 1.165) is 32.4 Å². The average molecular weight is 224 g/mol. The third-order valence-corrected chi connectivity index (χ3v) is 3.56. The van der Waals surface area contributed by atoms with E-state index in [9.17, 15) is 4.79 Å². The molecule has 2 N–H and O–H groups in total. The number of hydrogen-bond donors (Lipinski definition) is 2. The molecule has 2 heterocycles. The van der Waals surface area contributed by atoms with E-state index in [1.807, 2.05) is 6.07 Å². The van der Waals surface area contributed by atoms with Crippen LogP contribution in [-0.2, 0) is 11.2 Å². The fourth-order valence-corrected chi connectivity index (χ4v) is 2.50. The zero-order chi connectivity index (χ0) is 10.5. The van der Waals surface area contributed by atoms with Crippen LogP contribution < -0.4 is 10.6 Å². The molecule has 1 aliphatic heterocycles. The lowest BCUT2D eigenvalue weighted by Crippen LogP contribution is -2.41. The van der Waals surface area contributed by atoms with Crippen LogP contribution in [0.2, 0.25) is 0 Å². The van der Waals surface area contributed by atoms with Gasteiger partial charge in [0.1, 0.15) is 0 Å². The van der Waals surface area contributed by atoms with Crippen LogP contribution in [0.4, 0.5) is 0 Å². The van der Waals surface area contributed by atoms with Gasteiger partial charge in [-0.05, 0) is 37.3 Å². The van der Waals surface area contributed by atoms with Crippen LogP contribution >= 0.6 is 11.3 Å². The third-order valence-electron chi connectivity index (χ3n) is 2.63. The Kier molecular flexibility index (Phi) is 3.75. The monoisotopic (exact) mass is 224 g/mol. The number of nitrogens with one attached hydrogen (secondary N) is 2. The summed E-state index contributed by atoms with van der Waals surface area (Å²) >= 11 is 1.74. The van der Waals surface area contributed by atoms with Crippen molar-refractivity contribution < 1.29 is 4.79 Å². The minimum Gasteiger partial charge on any atom is -0.354 e. The second-order valence-corrected chi connectivity index (χ2v) is 4.80. The molecule has 1 unspecified atom stereocenters. The quantitative estimate of drug-likeness (QED) is 0.806. The molecule has 1 fully saturated rings. The molecule has 4 heteroatoms. The first-order valence-corrected chi connectivity index (χ1v) is 6.28. The summed E-state index contributed by atoms with van der Waals surface area (Å²) < 4.78 is 0. The first-order valence-electron chi connectivity index (χ1n) is 5.40. The van der Waals surface area contributed by atoms with E-state index in [2.05, 4.69) is 22.1 Å². The average Bonchev–Trinajstić information content (AvgIpc) is 2.90. The molecule has 1 aliphatic rings. The molecule has 0 saturated carbocycles. The summed E-state index contributed by atoms with van der Waals surface area (Å²) in [6, 6.07) is 4.19. The van der Waals surface area contributed by atoms with Crippen molar-refractivity contribution in [3.63, 3.8) is 0 Å². The van der Waals surface area contributed by atoms with Crippen molar-refractivity contribution in [2.45, 2.75) is 25.3 Å². The molecule has 1 amide bonds. The number of rotatable bonds is 4. The van der Waals surface area contributed by atoms with Crippen LogP contribution in [0.3, 0.4) is 0 Å². The van der Waals surface area contributed by atoms with E-state index in [1.54, 1.807) is 11.3 Å². The van der Waals surface area contributed by atoms with Gasteiger partial charge in [0.05, 0.1) is 6.04 Å². The van der Waals surface area contributed by atoms with Crippen molar-refractivity contribution >= 4 is 17.2 Å². The Morgan fingerprint density at radius 2 is 2.60 bits per heavy atom. The minimum atomic E-state index is 0.0494. The largest absolute Gasteiger partial charge is 0.354 e. The van der Waals surface area contributed by atoms with Gasteiger partial charge in [-0.25, -0.2) is 0 Å². The van der Waals surface area contributed by atoms with E-state index in [-0.39, 0.29) is 11.9 Å². The zero-order valence-electron chi connectivity index (χ0n) is 8.66. The van der Waals surface area contributed by atoms with Gasteiger partial charge in [-0.1, -0.05) is 6.07 Å². The Morgan fingerprint density at radius 1 is 1.67 bits per heavy atom. The topological polar surface area (TPSA) is 41.1 Å². The Hall–Kier alpha value is -0.870. The normalized spacial score (nSPS) is 20.4. The molecular formula is C11H16N2OS. The maximum absolute atomic E-state index is 11.6. The summed E-state index contributed by atoms with van der Waals surface area (Å²) in [6.45, 7) is 1.72. The predicted molar refractivity (Wildman–Crippen MR) is 62.1 cm³/mol. The highest BCUT2D eigenvalue weighted by Crippen LogP contribution is 2.08. The van der Waals surface area contributed by atoms with Gasteiger partial charge in [0.25, 0.3) is 0 Å². The van der Waals surface area contributed by atoms with Crippen LogP contribution in [0.25, 0.3) is 0 Å². The van der Waals surface area contributed by atoms with Crippen molar-refractivity contribution in [3.05, 3.63) is 22.4 Å². The molecule has 0 aromatic carbocycles. The zero-order valence-corrected chi connectivity index (χ0v) is 9.48. The van der Waals surface area contributed by atoms with E-state index in [1.165, 1.54) is 4.88 Å². The molecule has 15 heavy (non-hydrogen) atoms. The van der Waals surface area contributed by atoms with Gasteiger partial charge >= 0.3 is 0 Å². The highest BCUT2D eigenvalue weighted by Gasteiger charge is 2.21. The van der Waals surface area contributed by atoms with Gasteiger partial charge < -0.3 is 10.6 Å². The third kappa shape index (κ3) is 3.04. The van der Waals surface area contributed by atoms with Gasteiger partial charge in [-0.15, -0.1) is 11.3 Å². The second-order valence-electron chi connectivity index (χ2n) is 3.77. The Morgan fingerprint density at radius 3 is 3.27 bits per heavy atom. The first-order chi connectivity index (χ1) is 7.36. The van der Waals surface area contributed by atoms with Gasteiger partial charge in [-0.2, -0.15) is 0 Å². The second kappa shape index (κ2) is 5.28. The highest BCUT2D eigenvalue weighted by atomic mass is 32.1. The van der Waals surface area contributed by atoms with Crippen molar-refractivity contribution in [1.82, 2.24) is 10.6 Å². The maximum Gasteiger partial charge on any atom is 0.237 e. The molecular weight excluding hydrogens is 208 g/mol. The van der Waals surface area contributed by atoms with Gasteiger partial charge in [0.2, 0.25) is 5.91 Å². The maximum atomic E-state index is 11.6. The summed E-state index contributed by atoms with van der Waals surface area (Å²) in [4.78, 5) is 12.9. The molecule has 0 radical (unpaired) electrons. The Balaban J connectivity index is 1.67. The van der Waals surface area contributed by atoms with Gasteiger partial charge in [0, 0.05) is 11.4 Å². The van der Waals surface area contributed by atoms with E-state index in [0.29, 0.717) is 0 Å². The predicted octanol–water partition coefficient (Wildman–Crippen LogP) is 1.16. The SMILES string of the molecule is O=C(NCCc1cccs1)C1CCCN1. The first kappa shape index (κ1) is 10.6. The number of thiophene rings is 1. The summed E-state index contributed by atoms with van der Waals surface area (Å²) in [5.41, 5.74) is 0. The molecule has 2 rings (SSSR count). The van der Waals surface area contributed by atoms with Crippen LogP contribution in [0.15, 0.2) is 17.5 Å². The fourth-order valence-electron chi connectivity index (χ4n) is 1.80. The highest BCUT2D eigenvalue weighted by molar-refractivity contribution is 7.09. The number of amides is 1. The Labute approximate surface area is 93.9 Å². The van der Waals surface area contributed by atoms with E-state index >= 15 is 0 Å². The van der Waals surface area contributed by atoms with Crippen molar-refractivity contribution in [2.24, 2.45) is 0 Å². The number of carbonyl (C=O) groups is 1. The van der Waals surface area contributed by atoms with Crippen molar-refractivity contribution in [2.75, 3.05) is 13.1 Å². The molecule has 0 spiro atoms. The lowest BCUT2D eigenvalue weighted by atomic mass is 10.2. The van der Waals surface area contributed by atoms with Crippen LogP contribution in [0.1, 0.15) is 17.7 Å². The number of carbonyl (C=O) groups excluding carboxylic acids is 1. The fraction of sp³-hybridized carbons (Fsp3) is 0.545. The molecule has 0 bridgehead atoms. The van der Waals surface area contributed by atoms with Crippen molar-refractivity contribution in [1.29, 1.82) is 0 Å². The van der Waals surface area contributed by atoms with Crippen molar-refractivity contribution in [3.8, 4) is 0 Å². The minimum absolute atomic E-state index is 0.0494. The van der Waals surface area contributed by atoms with E-state index < -0.39 is 0 Å². The molecule has 3 nitrogen and oxygen atoms in total. The summed E-state index contributed by atoms with van der Waals surface area (Å²) in [5, 5.41) is 8.22. The molecule has 0 aliphatic carbocycles. The smallest absolute Gasteiger partial charge is 0.237 e. The standard InChI is InChI=1S/C11H16N2OS/c14-11(10-4-1-6-12-10)13-7-5-9-3-2-8-15-9/h2-3,8,10,12H,1,4-7H2,(H,13,14). The molecule has 1 aromatic heterocycles. The lowest BCUT2D eigenvalue weighted by molar-refractivity contribution is -0.122. The molecule has 1 aromatic rings. The summed E-state index contributed by atoms with van der Waals surface area (Å²) in [5.74, 6) is 0.157. The van der Waals surface area contributed by atoms with Crippen LogP contribution in [-0.4, -0.2) is 25.0 Å². The Bertz CT molecular complexity index is 304. The molecule has 1 atom stereocenters. The van der Waals surface area contributed by atoms with Crippen LogP contribution in [0, 0.1) is 0 Å². The van der Waals surface area contributed by atoms with E-state index in [4.69, 9.17) is 0 Å². The lowest BCUT2D eigenvalue weighted by Gasteiger charge is -2.10. The molecule has 82 valence electrons. The summed E-state index contributed by atoms with van der Waals surface area (Å²) in [6.07, 6.45) is 3.03. The summed E-state index contributed by atoms with van der Waals surface area (Å²) in [7, 11) is 0. The number of hydrogen-bond acceptors (Lipinski definition) is 3. The van der Waals surface area contributed by atoms with Crippen LogP contribution in [0.5, 0.6) is 0 Å². The van der Waals surface area contributed by atoms with Gasteiger partial charge in [-0.3, -0.25) is 4.79 Å². The van der Waals surface area contributed by atoms with Gasteiger partial charge in [0.15, 0.2) is 0 Å². The molecule has 1 saturated heterocycles.